The van der Waals surface area contributed by atoms with Gasteiger partial charge in [0.05, 0.1) is 29.7 Å². The highest BCUT2D eigenvalue weighted by molar-refractivity contribution is 5.61. The number of benzene rings is 1. The molecule has 0 N–H and O–H groups in total. The van der Waals surface area contributed by atoms with Crippen LogP contribution < -0.4 is 0 Å². The number of nitriles is 1. The van der Waals surface area contributed by atoms with Crippen LogP contribution in [0.2, 0.25) is 0 Å². The van der Waals surface area contributed by atoms with E-state index < -0.39 is 0 Å². The van der Waals surface area contributed by atoms with Crippen molar-refractivity contribution in [1.82, 2.24) is 19.5 Å². The van der Waals surface area contributed by atoms with E-state index in [2.05, 4.69) is 55.9 Å². The lowest BCUT2D eigenvalue weighted by Gasteiger charge is -2.17. The highest BCUT2D eigenvalue weighted by atomic mass is 15.0. The van der Waals surface area contributed by atoms with Gasteiger partial charge in [-0.2, -0.15) is 5.26 Å². The molecule has 0 fully saturated rings. The predicted octanol–water partition coefficient (Wildman–Crippen LogP) is 4.49. The molecule has 0 radical (unpaired) electrons. The Balaban J connectivity index is 1.46. The van der Waals surface area contributed by atoms with Crippen molar-refractivity contribution in [2.24, 2.45) is 5.92 Å². The van der Waals surface area contributed by atoms with Crippen molar-refractivity contribution in [1.29, 1.82) is 5.26 Å². The average molecular weight is 369 g/mol. The van der Waals surface area contributed by atoms with E-state index in [4.69, 9.17) is 5.26 Å². The minimum atomic E-state index is 0.185. The van der Waals surface area contributed by atoms with Crippen LogP contribution in [-0.2, 0) is 13.0 Å². The fraction of sp³-hybridized carbons (Fsp3) is 0.304. The Morgan fingerprint density at radius 3 is 2.71 bits per heavy atom. The van der Waals surface area contributed by atoms with Gasteiger partial charge < -0.3 is 4.57 Å². The maximum absolute atomic E-state index is 9.05. The summed E-state index contributed by atoms with van der Waals surface area (Å²) in [7, 11) is 0. The quantitative estimate of drug-likeness (QED) is 0.622. The van der Waals surface area contributed by atoms with Crippen LogP contribution in [0.1, 0.15) is 36.2 Å². The molecular weight excluding hydrogens is 346 g/mol. The number of imidazole rings is 1. The summed E-state index contributed by atoms with van der Waals surface area (Å²) in [5, 5.41) is 9.05. The zero-order valence-electron chi connectivity index (χ0n) is 16.0. The van der Waals surface area contributed by atoms with Crippen molar-refractivity contribution in [3.8, 4) is 17.3 Å². The van der Waals surface area contributed by atoms with Gasteiger partial charge in [-0.1, -0.05) is 35.9 Å². The molecule has 0 saturated carbocycles. The fourth-order valence-electron chi connectivity index (χ4n) is 3.69. The van der Waals surface area contributed by atoms with E-state index >= 15 is 0 Å². The molecule has 1 unspecified atom stereocenters. The minimum absolute atomic E-state index is 0.185. The smallest absolute Gasteiger partial charge is 0.0951 e. The molecule has 140 valence electrons. The summed E-state index contributed by atoms with van der Waals surface area (Å²) in [5.41, 5.74) is 6.81. The van der Waals surface area contributed by atoms with Crippen molar-refractivity contribution in [2.75, 3.05) is 0 Å². The first-order chi connectivity index (χ1) is 13.7. The van der Waals surface area contributed by atoms with E-state index in [1.54, 1.807) is 12.4 Å². The largest absolute Gasteiger partial charge is 0.330 e. The topological polar surface area (TPSA) is 67.4 Å². The van der Waals surface area contributed by atoms with Gasteiger partial charge in [-0.15, -0.1) is 0 Å². The molecule has 1 aromatic carbocycles. The molecule has 5 heteroatoms. The van der Waals surface area contributed by atoms with Gasteiger partial charge in [-0.05, 0) is 31.7 Å². The zero-order valence-corrected chi connectivity index (χ0v) is 16.0. The lowest BCUT2D eigenvalue weighted by Crippen LogP contribution is -2.08. The van der Waals surface area contributed by atoms with Crippen LogP contribution in [0, 0.1) is 24.2 Å². The molecule has 0 bridgehead atoms. The molecule has 0 amide bonds. The van der Waals surface area contributed by atoms with Crippen molar-refractivity contribution in [2.45, 2.75) is 39.2 Å². The second-order valence-electron chi connectivity index (χ2n) is 7.34. The van der Waals surface area contributed by atoms with E-state index in [-0.39, 0.29) is 5.92 Å². The Hall–Kier alpha value is -3.26. The average Bonchev–Trinajstić information content (AvgIpc) is 3.16. The zero-order chi connectivity index (χ0) is 19.3. The van der Waals surface area contributed by atoms with Gasteiger partial charge in [0.25, 0.3) is 0 Å². The standard InChI is InChI=1S/C23H23N5/c1-17-23(27-11-10-26-17)21-8-6-20(7-9-21)15-28-16-25-14-22(28)12-18-2-4-19(13-24)5-3-18/h2,6-11,14,16,19H,3-5,12,15H2,1H3. The molecule has 1 aliphatic rings. The molecule has 4 rings (SSSR count). The number of rotatable bonds is 5. The number of allylic oxidation sites excluding steroid dienone is 2. The first-order valence-corrected chi connectivity index (χ1v) is 9.66. The van der Waals surface area contributed by atoms with Crippen molar-refractivity contribution in [3.05, 3.63) is 77.8 Å². The van der Waals surface area contributed by atoms with Crippen LogP contribution in [-0.4, -0.2) is 19.5 Å². The molecule has 5 nitrogen and oxygen atoms in total. The van der Waals surface area contributed by atoms with Crippen LogP contribution in [0.4, 0.5) is 0 Å². The van der Waals surface area contributed by atoms with Crippen LogP contribution in [0.15, 0.2) is 60.8 Å². The van der Waals surface area contributed by atoms with E-state index in [9.17, 15) is 0 Å². The molecular formula is C23H23N5. The molecule has 2 heterocycles. The van der Waals surface area contributed by atoms with Gasteiger partial charge in [-0.25, -0.2) is 4.98 Å². The normalized spacial score (nSPS) is 16.4. The minimum Gasteiger partial charge on any atom is -0.330 e. The molecule has 0 saturated heterocycles. The number of aryl methyl sites for hydroxylation is 1. The molecule has 1 atom stereocenters. The molecule has 1 aliphatic carbocycles. The van der Waals surface area contributed by atoms with E-state index in [0.717, 1.165) is 49.2 Å². The third-order valence-corrected chi connectivity index (χ3v) is 5.36. The summed E-state index contributed by atoms with van der Waals surface area (Å²) >= 11 is 0. The van der Waals surface area contributed by atoms with Crippen molar-refractivity contribution >= 4 is 0 Å². The van der Waals surface area contributed by atoms with Crippen LogP contribution >= 0.6 is 0 Å². The summed E-state index contributed by atoms with van der Waals surface area (Å²) < 4.78 is 2.21. The third-order valence-electron chi connectivity index (χ3n) is 5.36. The van der Waals surface area contributed by atoms with Gasteiger partial charge in [0, 0.05) is 42.8 Å². The Labute approximate surface area is 165 Å². The maximum Gasteiger partial charge on any atom is 0.0951 e. The Morgan fingerprint density at radius 1 is 1.18 bits per heavy atom. The number of hydrogen-bond acceptors (Lipinski definition) is 4. The number of nitrogens with zero attached hydrogens (tertiary/aromatic N) is 5. The molecule has 28 heavy (non-hydrogen) atoms. The summed E-state index contributed by atoms with van der Waals surface area (Å²) in [6.07, 6.45) is 13.3. The van der Waals surface area contributed by atoms with Crippen molar-refractivity contribution < 1.29 is 0 Å². The monoisotopic (exact) mass is 369 g/mol. The molecule has 3 aromatic rings. The fourth-order valence-corrected chi connectivity index (χ4v) is 3.69. The van der Waals surface area contributed by atoms with Gasteiger partial charge in [0.1, 0.15) is 0 Å². The highest BCUT2D eigenvalue weighted by Gasteiger charge is 2.15. The Kier molecular flexibility index (Phi) is 5.29. The summed E-state index contributed by atoms with van der Waals surface area (Å²) in [6.45, 7) is 2.77. The second kappa shape index (κ2) is 8.18. The second-order valence-corrected chi connectivity index (χ2v) is 7.34. The van der Waals surface area contributed by atoms with Gasteiger partial charge in [0.15, 0.2) is 0 Å². The first-order valence-electron chi connectivity index (χ1n) is 9.66. The first kappa shape index (κ1) is 18.1. The van der Waals surface area contributed by atoms with Crippen LogP contribution in [0.5, 0.6) is 0 Å². The van der Waals surface area contributed by atoms with Crippen LogP contribution in [0.3, 0.4) is 0 Å². The van der Waals surface area contributed by atoms with Gasteiger partial charge in [-0.3, -0.25) is 9.97 Å². The van der Waals surface area contributed by atoms with E-state index in [0.29, 0.717) is 0 Å². The Bertz CT molecular complexity index is 1020. The van der Waals surface area contributed by atoms with Crippen molar-refractivity contribution in [3.63, 3.8) is 0 Å². The SMILES string of the molecule is Cc1nccnc1-c1ccc(Cn2cncc2CC2=CCC(C#N)CC2)cc1. The van der Waals surface area contributed by atoms with E-state index in [1.807, 2.05) is 19.4 Å². The lowest BCUT2D eigenvalue weighted by atomic mass is 9.89. The predicted molar refractivity (Wildman–Crippen MR) is 108 cm³/mol. The lowest BCUT2D eigenvalue weighted by molar-refractivity contribution is 0.569. The molecule has 0 spiro atoms. The number of hydrogen-bond donors (Lipinski definition) is 0. The maximum atomic E-state index is 9.05. The summed E-state index contributed by atoms with van der Waals surface area (Å²) in [4.78, 5) is 13.1. The third kappa shape index (κ3) is 4.01. The molecule has 2 aromatic heterocycles. The van der Waals surface area contributed by atoms with Crippen LogP contribution in [0.25, 0.3) is 11.3 Å². The van der Waals surface area contributed by atoms with Gasteiger partial charge in [0.2, 0.25) is 0 Å². The summed E-state index contributed by atoms with van der Waals surface area (Å²) in [6, 6.07) is 10.9. The number of aromatic nitrogens is 4. The Morgan fingerprint density at radius 2 is 2.00 bits per heavy atom. The van der Waals surface area contributed by atoms with Gasteiger partial charge >= 0.3 is 0 Å². The summed E-state index contributed by atoms with van der Waals surface area (Å²) in [5.74, 6) is 0.185. The van der Waals surface area contributed by atoms with E-state index in [1.165, 1.54) is 16.8 Å². The highest BCUT2D eigenvalue weighted by Crippen LogP contribution is 2.26. The molecule has 0 aliphatic heterocycles.